The van der Waals surface area contributed by atoms with Gasteiger partial charge in [0.1, 0.15) is 12.4 Å². The third kappa shape index (κ3) is 3.75. The van der Waals surface area contributed by atoms with Crippen LogP contribution in [0.2, 0.25) is 0 Å². The van der Waals surface area contributed by atoms with Crippen LogP contribution >= 0.6 is 0 Å². The van der Waals surface area contributed by atoms with Crippen molar-refractivity contribution in [2.45, 2.75) is 6.92 Å². The predicted octanol–water partition coefficient (Wildman–Crippen LogP) is 1.45. The molecule has 0 spiro atoms. The standard InChI is InChI=1S/C11H13FN2O3/c1-2-14(11(17)13-7-10(15)16)9-5-3-4-8(12)6-9/h3-6H,2,7H2,1H3,(H,13,17)(H,15,16). The number of amides is 2. The van der Waals surface area contributed by atoms with Crippen molar-refractivity contribution >= 4 is 17.7 Å². The van der Waals surface area contributed by atoms with E-state index in [1.54, 1.807) is 13.0 Å². The smallest absolute Gasteiger partial charge is 0.323 e. The van der Waals surface area contributed by atoms with Crippen molar-refractivity contribution < 1.29 is 19.1 Å². The number of hydrogen-bond donors (Lipinski definition) is 2. The zero-order valence-corrected chi connectivity index (χ0v) is 9.31. The molecule has 92 valence electrons. The first-order chi connectivity index (χ1) is 8.04. The molecule has 0 heterocycles. The minimum atomic E-state index is -1.13. The van der Waals surface area contributed by atoms with E-state index >= 15 is 0 Å². The fourth-order valence-electron chi connectivity index (χ4n) is 1.33. The van der Waals surface area contributed by atoms with Crippen molar-refractivity contribution in [3.8, 4) is 0 Å². The number of halogens is 1. The normalized spacial score (nSPS) is 9.76. The molecule has 0 aliphatic heterocycles. The summed E-state index contributed by atoms with van der Waals surface area (Å²) in [6, 6.07) is 4.97. The summed E-state index contributed by atoms with van der Waals surface area (Å²) in [6.07, 6.45) is 0. The topological polar surface area (TPSA) is 69.6 Å². The van der Waals surface area contributed by atoms with E-state index in [4.69, 9.17) is 5.11 Å². The predicted molar refractivity (Wildman–Crippen MR) is 60.5 cm³/mol. The second-order valence-corrected chi connectivity index (χ2v) is 3.28. The number of carbonyl (C=O) groups excluding carboxylic acids is 1. The summed E-state index contributed by atoms with van der Waals surface area (Å²) < 4.78 is 13.0. The fourth-order valence-corrected chi connectivity index (χ4v) is 1.33. The van der Waals surface area contributed by atoms with Crippen molar-refractivity contribution in [1.29, 1.82) is 0 Å². The largest absolute Gasteiger partial charge is 0.480 e. The van der Waals surface area contributed by atoms with Gasteiger partial charge in [0.2, 0.25) is 0 Å². The van der Waals surface area contributed by atoms with Crippen LogP contribution < -0.4 is 10.2 Å². The first-order valence-corrected chi connectivity index (χ1v) is 5.07. The third-order valence-corrected chi connectivity index (χ3v) is 2.07. The molecule has 5 nitrogen and oxygen atoms in total. The Kier molecular flexibility index (Phi) is 4.45. The average molecular weight is 240 g/mol. The van der Waals surface area contributed by atoms with Gasteiger partial charge in [0, 0.05) is 12.2 Å². The van der Waals surface area contributed by atoms with Crippen LogP contribution in [0.3, 0.4) is 0 Å². The molecule has 1 aromatic carbocycles. The van der Waals surface area contributed by atoms with Crippen LogP contribution in [0.1, 0.15) is 6.92 Å². The maximum atomic E-state index is 13.0. The highest BCUT2D eigenvalue weighted by atomic mass is 19.1. The Morgan fingerprint density at radius 1 is 1.47 bits per heavy atom. The van der Waals surface area contributed by atoms with Gasteiger partial charge in [0.15, 0.2) is 0 Å². The number of rotatable bonds is 4. The van der Waals surface area contributed by atoms with E-state index in [2.05, 4.69) is 5.32 Å². The number of nitrogens with zero attached hydrogens (tertiary/aromatic N) is 1. The number of hydrogen-bond acceptors (Lipinski definition) is 2. The summed E-state index contributed by atoms with van der Waals surface area (Å²) in [5, 5.41) is 10.7. The van der Waals surface area contributed by atoms with E-state index in [0.29, 0.717) is 12.2 Å². The molecule has 0 atom stereocenters. The van der Waals surface area contributed by atoms with Gasteiger partial charge < -0.3 is 10.4 Å². The van der Waals surface area contributed by atoms with Gasteiger partial charge in [0.05, 0.1) is 0 Å². The molecular formula is C11H13FN2O3. The number of carbonyl (C=O) groups is 2. The van der Waals surface area contributed by atoms with E-state index < -0.39 is 24.4 Å². The number of carboxylic acid groups (broad SMARTS) is 1. The lowest BCUT2D eigenvalue weighted by atomic mass is 10.3. The van der Waals surface area contributed by atoms with Crippen molar-refractivity contribution in [2.24, 2.45) is 0 Å². The lowest BCUT2D eigenvalue weighted by Gasteiger charge is -2.20. The van der Waals surface area contributed by atoms with Gasteiger partial charge in [-0.25, -0.2) is 9.18 Å². The molecule has 2 amide bonds. The molecule has 0 bridgehead atoms. The SMILES string of the molecule is CCN(C(=O)NCC(=O)O)c1cccc(F)c1. The Hall–Kier alpha value is -2.11. The lowest BCUT2D eigenvalue weighted by Crippen LogP contribution is -2.42. The Labute approximate surface area is 97.8 Å². The highest BCUT2D eigenvalue weighted by molar-refractivity contribution is 5.93. The van der Waals surface area contributed by atoms with E-state index in [9.17, 15) is 14.0 Å². The van der Waals surface area contributed by atoms with Crippen molar-refractivity contribution in [1.82, 2.24) is 5.32 Å². The van der Waals surface area contributed by atoms with Gasteiger partial charge in [-0.2, -0.15) is 0 Å². The summed E-state index contributed by atoms with van der Waals surface area (Å²) in [5.74, 6) is -1.58. The highest BCUT2D eigenvalue weighted by Gasteiger charge is 2.14. The quantitative estimate of drug-likeness (QED) is 0.836. The number of aliphatic carboxylic acids is 1. The maximum absolute atomic E-state index is 13.0. The van der Waals surface area contributed by atoms with Crippen LogP contribution in [0, 0.1) is 5.82 Å². The molecule has 0 radical (unpaired) electrons. The highest BCUT2D eigenvalue weighted by Crippen LogP contribution is 2.15. The van der Waals surface area contributed by atoms with Crippen molar-refractivity contribution in [3.63, 3.8) is 0 Å². The number of anilines is 1. The summed E-state index contributed by atoms with van der Waals surface area (Å²) in [7, 11) is 0. The zero-order chi connectivity index (χ0) is 12.8. The molecular weight excluding hydrogens is 227 g/mol. The second-order valence-electron chi connectivity index (χ2n) is 3.28. The van der Waals surface area contributed by atoms with Gasteiger partial charge in [-0.1, -0.05) is 6.07 Å². The van der Waals surface area contributed by atoms with Crippen molar-refractivity contribution in [3.05, 3.63) is 30.1 Å². The van der Waals surface area contributed by atoms with Gasteiger partial charge in [-0.15, -0.1) is 0 Å². The summed E-state index contributed by atoms with van der Waals surface area (Å²) >= 11 is 0. The molecule has 0 aliphatic rings. The first kappa shape index (κ1) is 13.0. The van der Waals surface area contributed by atoms with Crippen molar-refractivity contribution in [2.75, 3.05) is 18.0 Å². The van der Waals surface area contributed by atoms with Gasteiger partial charge >= 0.3 is 12.0 Å². The van der Waals surface area contributed by atoms with Crippen LogP contribution in [0.25, 0.3) is 0 Å². The minimum Gasteiger partial charge on any atom is -0.480 e. The van der Waals surface area contributed by atoms with Crippen LogP contribution in [0.4, 0.5) is 14.9 Å². The molecule has 0 unspecified atom stereocenters. The number of carboxylic acids is 1. The molecule has 0 saturated heterocycles. The number of nitrogens with one attached hydrogen (secondary N) is 1. The van der Waals surface area contributed by atoms with Crippen LogP contribution in [0.15, 0.2) is 24.3 Å². The Balaban J connectivity index is 2.77. The van der Waals surface area contributed by atoms with E-state index in [1.165, 1.54) is 23.1 Å². The Morgan fingerprint density at radius 3 is 2.71 bits per heavy atom. The number of urea groups is 1. The molecule has 0 aromatic heterocycles. The fraction of sp³-hybridized carbons (Fsp3) is 0.273. The molecule has 6 heteroatoms. The molecule has 0 fully saturated rings. The Morgan fingerprint density at radius 2 is 2.18 bits per heavy atom. The molecule has 17 heavy (non-hydrogen) atoms. The zero-order valence-electron chi connectivity index (χ0n) is 9.31. The van der Waals surface area contributed by atoms with Crippen LogP contribution in [0.5, 0.6) is 0 Å². The van der Waals surface area contributed by atoms with E-state index in [-0.39, 0.29) is 0 Å². The minimum absolute atomic E-state index is 0.314. The second kappa shape index (κ2) is 5.83. The summed E-state index contributed by atoms with van der Waals surface area (Å²) in [4.78, 5) is 23.2. The van der Waals surface area contributed by atoms with E-state index in [1.807, 2.05) is 0 Å². The molecule has 0 aliphatic carbocycles. The first-order valence-electron chi connectivity index (χ1n) is 5.07. The lowest BCUT2D eigenvalue weighted by molar-refractivity contribution is -0.135. The van der Waals surface area contributed by atoms with Crippen LogP contribution in [-0.4, -0.2) is 30.2 Å². The van der Waals surface area contributed by atoms with E-state index in [0.717, 1.165) is 0 Å². The van der Waals surface area contributed by atoms with Gasteiger partial charge in [-0.05, 0) is 25.1 Å². The summed E-state index contributed by atoms with van der Waals surface area (Å²) in [6.45, 7) is 1.56. The molecule has 1 rings (SSSR count). The average Bonchev–Trinajstić information content (AvgIpc) is 2.27. The van der Waals surface area contributed by atoms with Gasteiger partial charge in [-0.3, -0.25) is 9.69 Å². The van der Waals surface area contributed by atoms with Crippen LogP contribution in [-0.2, 0) is 4.79 Å². The molecule has 0 saturated carbocycles. The third-order valence-electron chi connectivity index (χ3n) is 2.07. The van der Waals surface area contributed by atoms with Gasteiger partial charge in [0.25, 0.3) is 0 Å². The molecule has 2 N–H and O–H groups in total. The molecule has 1 aromatic rings. The maximum Gasteiger partial charge on any atom is 0.323 e. The Bertz CT molecular complexity index is 423. The summed E-state index contributed by atoms with van der Waals surface area (Å²) in [5.41, 5.74) is 0.385. The number of benzene rings is 1. The monoisotopic (exact) mass is 240 g/mol.